The van der Waals surface area contributed by atoms with Gasteiger partial charge in [-0.2, -0.15) is 0 Å². The van der Waals surface area contributed by atoms with Crippen LogP contribution in [0.15, 0.2) is 30.3 Å². The van der Waals surface area contributed by atoms with E-state index in [-0.39, 0.29) is 17.7 Å². The topological polar surface area (TPSA) is 92.5 Å². The van der Waals surface area contributed by atoms with Crippen molar-refractivity contribution < 1.29 is 13.2 Å². The highest BCUT2D eigenvalue weighted by atomic mass is 32.2. The Labute approximate surface area is 138 Å². The minimum Gasteiger partial charge on any atom is -0.368 e. The third-order valence-corrected chi connectivity index (χ3v) is 5.74. The molecule has 2 rings (SSSR count). The number of nitrogens with two attached hydrogens (primary N) is 1. The summed E-state index contributed by atoms with van der Waals surface area (Å²) in [5.74, 6) is -0.220. The number of nitrogens with one attached hydrogen (secondary N) is 1. The van der Waals surface area contributed by atoms with Crippen molar-refractivity contribution in [2.45, 2.75) is 38.3 Å². The lowest BCUT2D eigenvalue weighted by molar-refractivity contribution is -0.124. The molecule has 0 aromatic heterocycles. The number of primary amides is 1. The highest BCUT2D eigenvalue weighted by Gasteiger charge is 2.30. The van der Waals surface area contributed by atoms with Crippen LogP contribution in [0.4, 0.5) is 0 Å². The Morgan fingerprint density at radius 3 is 2.43 bits per heavy atom. The number of benzene rings is 1. The van der Waals surface area contributed by atoms with E-state index in [0.717, 1.165) is 5.56 Å². The van der Waals surface area contributed by atoms with Crippen LogP contribution in [-0.2, 0) is 14.8 Å². The largest absolute Gasteiger partial charge is 0.368 e. The zero-order valence-electron chi connectivity index (χ0n) is 13.4. The molecule has 0 saturated carbocycles. The molecular formula is C16H25N3O3S. The van der Waals surface area contributed by atoms with E-state index in [1.165, 1.54) is 0 Å². The molecule has 1 amide bonds. The molecule has 0 radical (unpaired) electrons. The van der Waals surface area contributed by atoms with E-state index in [9.17, 15) is 13.2 Å². The first-order valence-electron chi connectivity index (χ1n) is 8.01. The van der Waals surface area contributed by atoms with E-state index in [0.29, 0.717) is 32.4 Å². The van der Waals surface area contributed by atoms with Gasteiger partial charge in [-0.05, 0) is 24.8 Å². The molecule has 6 nitrogen and oxygen atoms in total. The molecule has 23 heavy (non-hydrogen) atoms. The molecule has 1 saturated heterocycles. The Kier molecular flexibility index (Phi) is 6.15. The van der Waals surface area contributed by atoms with Crippen molar-refractivity contribution in [2.75, 3.05) is 18.8 Å². The molecular weight excluding hydrogens is 314 g/mol. The smallest absolute Gasteiger partial charge is 0.239 e. The van der Waals surface area contributed by atoms with Crippen molar-refractivity contribution in [1.82, 2.24) is 9.62 Å². The van der Waals surface area contributed by atoms with Gasteiger partial charge in [0.2, 0.25) is 15.9 Å². The summed E-state index contributed by atoms with van der Waals surface area (Å²) >= 11 is 0. The average Bonchev–Trinajstić information content (AvgIpc) is 2.49. The van der Waals surface area contributed by atoms with Crippen LogP contribution >= 0.6 is 0 Å². The summed E-state index contributed by atoms with van der Waals surface area (Å²) in [5.41, 5.74) is 6.46. The van der Waals surface area contributed by atoms with Crippen molar-refractivity contribution in [3.63, 3.8) is 0 Å². The fraction of sp³-hybridized carbons (Fsp3) is 0.562. The van der Waals surface area contributed by atoms with Crippen LogP contribution < -0.4 is 10.5 Å². The van der Waals surface area contributed by atoms with Gasteiger partial charge in [0.15, 0.2) is 0 Å². The Balaban J connectivity index is 1.98. The minimum absolute atomic E-state index is 0.0629. The van der Waals surface area contributed by atoms with Gasteiger partial charge in [-0.25, -0.2) is 13.1 Å². The van der Waals surface area contributed by atoms with Crippen LogP contribution in [0.5, 0.6) is 0 Å². The second-order valence-electron chi connectivity index (χ2n) is 5.96. The van der Waals surface area contributed by atoms with Crippen molar-refractivity contribution in [2.24, 2.45) is 5.73 Å². The number of hydrogen-bond acceptors (Lipinski definition) is 4. The fourth-order valence-electron chi connectivity index (χ4n) is 3.05. The third kappa shape index (κ3) is 5.02. The van der Waals surface area contributed by atoms with Gasteiger partial charge < -0.3 is 5.73 Å². The quantitative estimate of drug-likeness (QED) is 0.775. The number of piperidine rings is 1. The van der Waals surface area contributed by atoms with E-state index in [1.54, 1.807) is 0 Å². The predicted molar refractivity (Wildman–Crippen MR) is 90.2 cm³/mol. The summed E-state index contributed by atoms with van der Waals surface area (Å²) in [4.78, 5) is 13.9. The number of carbonyl (C=O) groups is 1. The zero-order chi connectivity index (χ0) is 16.9. The SMILES string of the molecule is CCCS(=O)(=O)NC1CCN(C(C(N)=O)c2ccccc2)CC1. The number of carbonyl (C=O) groups excluding carboxylic acids is 1. The van der Waals surface area contributed by atoms with Crippen LogP contribution in [0.2, 0.25) is 0 Å². The van der Waals surface area contributed by atoms with Gasteiger partial charge in [-0.15, -0.1) is 0 Å². The average molecular weight is 339 g/mol. The molecule has 0 aliphatic carbocycles. The first-order chi connectivity index (χ1) is 10.9. The molecule has 0 bridgehead atoms. The Hall–Kier alpha value is -1.44. The van der Waals surface area contributed by atoms with Crippen LogP contribution in [0.25, 0.3) is 0 Å². The van der Waals surface area contributed by atoms with E-state index in [1.807, 2.05) is 42.2 Å². The summed E-state index contributed by atoms with van der Waals surface area (Å²) in [6.45, 7) is 3.13. The predicted octanol–water partition coefficient (Wildman–Crippen LogP) is 1.01. The maximum Gasteiger partial charge on any atom is 0.239 e. The lowest BCUT2D eigenvalue weighted by Gasteiger charge is -2.36. The standard InChI is InChI=1S/C16H25N3O3S/c1-2-12-23(21,22)18-14-8-10-19(11-9-14)15(16(17)20)13-6-4-3-5-7-13/h3-7,14-15,18H,2,8-12H2,1H3,(H2,17,20). The lowest BCUT2D eigenvalue weighted by atomic mass is 9.99. The van der Waals surface area contributed by atoms with E-state index in [4.69, 9.17) is 5.73 Å². The third-order valence-electron chi connectivity index (χ3n) is 4.10. The molecule has 0 spiro atoms. The summed E-state index contributed by atoms with van der Waals surface area (Å²) in [6.07, 6.45) is 1.96. The summed E-state index contributed by atoms with van der Waals surface area (Å²) in [5, 5.41) is 0. The van der Waals surface area contributed by atoms with Gasteiger partial charge in [-0.1, -0.05) is 37.3 Å². The number of sulfonamides is 1. The highest BCUT2D eigenvalue weighted by molar-refractivity contribution is 7.89. The summed E-state index contributed by atoms with van der Waals surface area (Å²) in [7, 11) is -3.20. The first kappa shape index (κ1) is 17.9. The van der Waals surface area contributed by atoms with E-state index >= 15 is 0 Å². The molecule has 1 unspecified atom stereocenters. The molecule has 3 N–H and O–H groups in total. The molecule has 1 aliphatic rings. The van der Waals surface area contributed by atoms with Gasteiger partial charge in [0.25, 0.3) is 0 Å². The Bertz CT molecular complexity index is 611. The summed E-state index contributed by atoms with van der Waals surface area (Å²) in [6, 6.07) is 8.94. The van der Waals surface area contributed by atoms with E-state index < -0.39 is 16.1 Å². The number of likely N-dealkylation sites (tertiary alicyclic amines) is 1. The van der Waals surface area contributed by atoms with Gasteiger partial charge >= 0.3 is 0 Å². The Morgan fingerprint density at radius 1 is 1.30 bits per heavy atom. The van der Waals surface area contributed by atoms with Gasteiger partial charge in [0.1, 0.15) is 6.04 Å². The van der Waals surface area contributed by atoms with E-state index in [2.05, 4.69) is 4.72 Å². The molecule has 128 valence electrons. The van der Waals surface area contributed by atoms with Crippen molar-refractivity contribution in [3.05, 3.63) is 35.9 Å². The number of amides is 1. The van der Waals surface area contributed by atoms with Crippen molar-refractivity contribution in [3.8, 4) is 0 Å². The highest BCUT2D eigenvalue weighted by Crippen LogP contribution is 2.24. The van der Waals surface area contributed by atoms with Gasteiger partial charge in [-0.3, -0.25) is 9.69 Å². The van der Waals surface area contributed by atoms with Crippen molar-refractivity contribution in [1.29, 1.82) is 0 Å². The maximum absolute atomic E-state index is 11.9. The van der Waals surface area contributed by atoms with Gasteiger partial charge in [0.05, 0.1) is 5.75 Å². The lowest BCUT2D eigenvalue weighted by Crippen LogP contribution is -2.48. The molecule has 1 atom stereocenters. The maximum atomic E-state index is 11.9. The number of rotatable bonds is 7. The number of hydrogen-bond donors (Lipinski definition) is 2. The first-order valence-corrected chi connectivity index (χ1v) is 9.66. The molecule has 1 fully saturated rings. The van der Waals surface area contributed by atoms with Crippen LogP contribution in [0, 0.1) is 0 Å². The summed E-state index contributed by atoms with van der Waals surface area (Å²) < 4.78 is 26.4. The zero-order valence-corrected chi connectivity index (χ0v) is 14.3. The molecule has 7 heteroatoms. The Morgan fingerprint density at radius 2 is 1.91 bits per heavy atom. The van der Waals surface area contributed by atoms with Crippen molar-refractivity contribution >= 4 is 15.9 Å². The monoisotopic (exact) mass is 339 g/mol. The van der Waals surface area contributed by atoms with Crippen LogP contribution in [0.3, 0.4) is 0 Å². The molecule has 1 aromatic rings. The second-order valence-corrected chi connectivity index (χ2v) is 7.84. The molecule has 1 aromatic carbocycles. The normalized spacial score (nSPS) is 18.7. The van der Waals surface area contributed by atoms with Crippen LogP contribution in [-0.4, -0.2) is 44.1 Å². The van der Waals surface area contributed by atoms with Gasteiger partial charge in [0, 0.05) is 19.1 Å². The molecule has 1 heterocycles. The van der Waals surface area contributed by atoms with Crippen LogP contribution in [0.1, 0.15) is 37.8 Å². The minimum atomic E-state index is -3.20. The number of nitrogens with zero attached hydrogens (tertiary/aromatic N) is 1. The molecule has 1 aliphatic heterocycles. The fourth-order valence-corrected chi connectivity index (χ4v) is 4.45. The second kappa shape index (κ2) is 7.90.